The van der Waals surface area contributed by atoms with E-state index >= 15 is 0 Å². The van der Waals surface area contributed by atoms with Gasteiger partial charge < -0.3 is 9.84 Å². The van der Waals surface area contributed by atoms with Crippen LogP contribution in [0.3, 0.4) is 0 Å². The second-order valence-electron chi connectivity index (χ2n) is 4.90. The molecule has 8 nitrogen and oxygen atoms in total. The maximum absolute atomic E-state index is 12.3. The van der Waals surface area contributed by atoms with E-state index < -0.39 is 28.1 Å². The Hall–Kier alpha value is -1.19. The number of piperidine rings is 1. The molecule has 0 aromatic rings. The van der Waals surface area contributed by atoms with Crippen molar-refractivity contribution in [3.63, 3.8) is 0 Å². The molecule has 0 aliphatic carbocycles. The highest BCUT2D eigenvalue weighted by atomic mass is 32.2. The highest BCUT2D eigenvalue weighted by Gasteiger charge is 2.33. The first-order chi connectivity index (χ1) is 9.78. The molecule has 1 heterocycles. The molecular formula is C12H22N2O6S. The molecule has 0 bridgehead atoms. The SMILES string of the molecule is CCOC(=O)CCN(C)S(=O)(=O)N1CCC(C(=O)O)CC1. The van der Waals surface area contributed by atoms with Crippen LogP contribution in [0.2, 0.25) is 0 Å². The van der Waals surface area contributed by atoms with Gasteiger partial charge in [0.1, 0.15) is 0 Å². The lowest BCUT2D eigenvalue weighted by molar-refractivity contribution is -0.144. The minimum atomic E-state index is -3.66. The zero-order valence-electron chi connectivity index (χ0n) is 12.3. The third kappa shape index (κ3) is 4.94. The Morgan fingerprint density at radius 3 is 2.38 bits per heavy atom. The summed E-state index contributed by atoms with van der Waals surface area (Å²) < 4.78 is 31.7. The maximum Gasteiger partial charge on any atom is 0.307 e. The summed E-state index contributed by atoms with van der Waals surface area (Å²) in [5.74, 6) is -1.81. The van der Waals surface area contributed by atoms with E-state index in [9.17, 15) is 18.0 Å². The third-order valence-electron chi connectivity index (χ3n) is 3.46. The fraction of sp³-hybridized carbons (Fsp3) is 0.833. The zero-order chi connectivity index (χ0) is 16.0. The molecule has 122 valence electrons. The van der Waals surface area contributed by atoms with Crippen LogP contribution >= 0.6 is 0 Å². The molecular weight excluding hydrogens is 300 g/mol. The molecule has 0 aromatic heterocycles. The molecule has 1 aliphatic heterocycles. The van der Waals surface area contributed by atoms with E-state index in [1.807, 2.05) is 0 Å². The topological polar surface area (TPSA) is 104 Å². The van der Waals surface area contributed by atoms with Gasteiger partial charge in [0.05, 0.1) is 18.9 Å². The van der Waals surface area contributed by atoms with E-state index in [-0.39, 0.29) is 32.7 Å². The second kappa shape index (κ2) is 7.71. The van der Waals surface area contributed by atoms with Crippen molar-refractivity contribution >= 4 is 22.1 Å². The number of ether oxygens (including phenoxy) is 1. The van der Waals surface area contributed by atoms with Crippen LogP contribution in [-0.2, 0) is 24.5 Å². The molecule has 9 heteroatoms. The van der Waals surface area contributed by atoms with Crippen LogP contribution in [0.5, 0.6) is 0 Å². The van der Waals surface area contributed by atoms with Crippen LogP contribution < -0.4 is 0 Å². The van der Waals surface area contributed by atoms with Crippen molar-refractivity contribution in [2.75, 3.05) is 33.3 Å². The first-order valence-corrected chi connectivity index (χ1v) is 8.28. The van der Waals surface area contributed by atoms with Gasteiger partial charge >= 0.3 is 11.9 Å². The number of rotatable bonds is 7. The summed E-state index contributed by atoms with van der Waals surface area (Å²) in [7, 11) is -2.26. The summed E-state index contributed by atoms with van der Waals surface area (Å²) in [4.78, 5) is 22.1. The van der Waals surface area contributed by atoms with Crippen molar-refractivity contribution in [3.05, 3.63) is 0 Å². The number of carbonyl (C=O) groups is 2. The van der Waals surface area contributed by atoms with Crippen LogP contribution in [0.25, 0.3) is 0 Å². The first-order valence-electron chi connectivity index (χ1n) is 6.88. The predicted molar refractivity (Wildman–Crippen MR) is 74.7 cm³/mol. The number of esters is 1. The largest absolute Gasteiger partial charge is 0.481 e. The van der Waals surface area contributed by atoms with Crippen LogP contribution in [0.15, 0.2) is 0 Å². The number of carboxylic acids is 1. The van der Waals surface area contributed by atoms with Crippen molar-refractivity contribution in [1.82, 2.24) is 8.61 Å². The second-order valence-corrected chi connectivity index (χ2v) is 6.93. The van der Waals surface area contributed by atoms with E-state index in [2.05, 4.69) is 0 Å². The molecule has 21 heavy (non-hydrogen) atoms. The van der Waals surface area contributed by atoms with Gasteiger partial charge in [-0.25, -0.2) is 0 Å². The Bertz CT molecular complexity index is 470. The number of carboxylic acid groups (broad SMARTS) is 1. The van der Waals surface area contributed by atoms with E-state index in [4.69, 9.17) is 9.84 Å². The lowest BCUT2D eigenvalue weighted by Gasteiger charge is -2.32. The maximum atomic E-state index is 12.3. The highest BCUT2D eigenvalue weighted by molar-refractivity contribution is 7.86. The quantitative estimate of drug-likeness (QED) is 0.657. The average molecular weight is 322 g/mol. The Morgan fingerprint density at radius 1 is 1.33 bits per heavy atom. The third-order valence-corrected chi connectivity index (χ3v) is 5.45. The smallest absolute Gasteiger partial charge is 0.307 e. The summed E-state index contributed by atoms with van der Waals surface area (Å²) in [6.07, 6.45) is 0.607. The van der Waals surface area contributed by atoms with Crippen molar-refractivity contribution in [3.8, 4) is 0 Å². The van der Waals surface area contributed by atoms with E-state index in [0.717, 1.165) is 4.31 Å². The molecule has 1 saturated heterocycles. The predicted octanol–water partition coefficient (Wildman–Crippen LogP) is -0.0872. The minimum absolute atomic E-state index is 0.00480. The van der Waals surface area contributed by atoms with Crippen LogP contribution in [0.4, 0.5) is 0 Å². The van der Waals surface area contributed by atoms with Crippen LogP contribution in [0.1, 0.15) is 26.2 Å². The molecule has 0 unspecified atom stereocenters. The first kappa shape index (κ1) is 17.9. The van der Waals surface area contributed by atoms with Gasteiger partial charge in [-0.2, -0.15) is 17.0 Å². The van der Waals surface area contributed by atoms with Crippen LogP contribution in [-0.4, -0.2) is 67.4 Å². The monoisotopic (exact) mass is 322 g/mol. The van der Waals surface area contributed by atoms with Crippen molar-refractivity contribution < 1.29 is 27.9 Å². The molecule has 1 rings (SSSR count). The zero-order valence-corrected chi connectivity index (χ0v) is 13.1. The van der Waals surface area contributed by atoms with Gasteiger partial charge in [0.25, 0.3) is 10.2 Å². The molecule has 0 saturated carbocycles. The van der Waals surface area contributed by atoms with Crippen LogP contribution in [0, 0.1) is 5.92 Å². The van der Waals surface area contributed by atoms with E-state index in [1.54, 1.807) is 6.92 Å². The van der Waals surface area contributed by atoms with Gasteiger partial charge in [0.2, 0.25) is 0 Å². The Labute approximate surface area is 124 Å². The van der Waals surface area contributed by atoms with E-state index in [1.165, 1.54) is 11.4 Å². The number of hydrogen-bond donors (Lipinski definition) is 1. The number of hydrogen-bond acceptors (Lipinski definition) is 5. The average Bonchev–Trinajstić information content (AvgIpc) is 2.45. The summed E-state index contributed by atoms with van der Waals surface area (Å²) in [5.41, 5.74) is 0. The van der Waals surface area contributed by atoms with Crippen molar-refractivity contribution in [2.24, 2.45) is 5.92 Å². The molecule has 1 fully saturated rings. The lowest BCUT2D eigenvalue weighted by atomic mass is 9.99. The normalized spacial score (nSPS) is 17.9. The lowest BCUT2D eigenvalue weighted by Crippen LogP contribution is -2.47. The number of aliphatic carboxylic acids is 1. The van der Waals surface area contributed by atoms with Gasteiger partial charge in [-0.15, -0.1) is 0 Å². The highest BCUT2D eigenvalue weighted by Crippen LogP contribution is 2.21. The van der Waals surface area contributed by atoms with Gasteiger partial charge in [0.15, 0.2) is 0 Å². The summed E-state index contributed by atoms with van der Waals surface area (Å²) in [6, 6.07) is 0. The van der Waals surface area contributed by atoms with Gasteiger partial charge in [-0.05, 0) is 19.8 Å². The van der Waals surface area contributed by atoms with Gasteiger partial charge in [-0.3, -0.25) is 9.59 Å². The van der Waals surface area contributed by atoms with Gasteiger partial charge in [-0.1, -0.05) is 0 Å². The fourth-order valence-corrected chi connectivity index (χ4v) is 3.52. The molecule has 0 amide bonds. The Morgan fingerprint density at radius 2 is 1.90 bits per heavy atom. The number of nitrogens with zero attached hydrogens (tertiary/aromatic N) is 2. The molecule has 0 spiro atoms. The Kier molecular flexibility index (Phi) is 6.56. The summed E-state index contributed by atoms with van der Waals surface area (Å²) >= 11 is 0. The molecule has 0 aromatic carbocycles. The minimum Gasteiger partial charge on any atom is -0.481 e. The van der Waals surface area contributed by atoms with Gasteiger partial charge in [0, 0.05) is 26.7 Å². The molecule has 1 N–H and O–H groups in total. The molecule has 0 radical (unpaired) electrons. The van der Waals surface area contributed by atoms with E-state index in [0.29, 0.717) is 12.8 Å². The molecule has 1 aliphatic rings. The standard InChI is InChI=1S/C12H22N2O6S/c1-3-20-11(15)6-7-13(2)21(18,19)14-8-4-10(5-9-14)12(16)17/h10H,3-9H2,1-2H3,(H,16,17). The Balaban J connectivity index is 2.53. The molecule has 0 atom stereocenters. The van der Waals surface area contributed by atoms with Crippen molar-refractivity contribution in [1.29, 1.82) is 0 Å². The fourth-order valence-electron chi connectivity index (χ4n) is 2.13. The number of carbonyl (C=O) groups excluding carboxylic acids is 1. The summed E-state index contributed by atoms with van der Waals surface area (Å²) in [6.45, 7) is 2.36. The van der Waals surface area contributed by atoms with Crippen molar-refractivity contribution in [2.45, 2.75) is 26.2 Å². The summed E-state index contributed by atoms with van der Waals surface area (Å²) in [5, 5.41) is 8.90.